The monoisotopic (exact) mass is 330 g/mol. The van der Waals surface area contributed by atoms with Gasteiger partial charge in [0.15, 0.2) is 23.0 Å². The molecule has 0 atom stereocenters. The molecule has 0 bridgehead atoms. The lowest BCUT2D eigenvalue weighted by Gasteiger charge is -2.30. The van der Waals surface area contributed by atoms with Gasteiger partial charge in [0.1, 0.15) is 0 Å². The normalized spacial score (nSPS) is 20.3. The number of carbonyl (C=O) groups is 2. The first kappa shape index (κ1) is 16.1. The molecule has 0 spiro atoms. The Morgan fingerprint density at radius 1 is 0.667 bits per heavy atom. The van der Waals surface area contributed by atoms with E-state index in [9.17, 15) is 9.59 Å². The highest BCUT2D eigenvalue weighted by atomic mass is 16.5. The van der Waals surface area contributed by atoms with Crippen LogP contribution in [0.5, 0.6) is 0 Å². The highest BCUT2D eigenvalue weighted by molar-refractivity contribution is 6.11. The summed E-state index contributed by atoms with van der Waals surface area (Å²) in [5.74, 6) is 0.395. The lowest BCUT2D eigenvalue weighted by molar-refractivity contribution is -0.118. The quantitative estimate of drug-likeness (QED) is 0.786. The summed E-state index contributed by atoms with van der Waals surface area (Å²) in [4.78, 5) is 24.7. The molecule has 3 rings (SSSR count). The van der Waals surface area contributed by atoms with E-state index in [1.807, 2.05) is 0 Å². The Balaban J connectivity index is 2.31. The molecule has 3 aliphatic carbocycles. The fourth-order valence-electron chi connectivity index (χ4n) is 3.27. The Morgan fingerprint density at radius 3 is 1.33 bits per heavy atom. The van der Waals surface area contributed by atoms with E-state index in [0.29, 0.717) is 12.8 Å². The Bertz CT molecular complexity index is 722. The van der Waals surface area contributed by atoms with E-state index in [1.165, 1.54) is 28.4 Å². The SMILES string of the molecule is COC1=CC2=C3C=C(OC)C(=O)C(OC)=C3CCC2=C(OC)C1=O. The Labute approximate surface area is 139 Å². The average Bonchev–Trinajstić information content (AvgIpc) is 2.60. The van der Waals surface area contributed by atoms with Crippen LogP contribution in [0.2, 0.25) is 0 Å². The van der Waals surface area contributed by atoms with E-state index >= 15 is 0 Å². The van der Waals surface area contributed by atoms with Crippen molar-refractivity contribution in [2.45, 2.75) is 12.8 Å². The van der Waals surface area contributed by atoms with Crippen molar-refractivity contribution < 1.29 is 28.5 Å². The largest absolute Gasteiger partial charge is 0.492 e. The molecule has 3 aliphatic rings. The van der Waals surface area contributed by atoms with Gasteiger partial charge in [-0.25, -0.2) is 0 Å². The van der Waals surface area contributed by atoms with Crippen molar-refractivity contribution in [1.82, 2.24) is 0 Å². The summed E-state index contributed by atoms with van der Waals surface area (Å²) < 4.78 is 21.0. The van der Waals surface area contributed by atoms with E-state index in [0.717, 1.165) is 22.3 Å². The summed E-state index contributed by atoms with van der Waals surface area (Å²) in [6, 6.07) is 0. The van der Waals surface area contributed by atoms with Gasteiger partial charge in [0, 0.05) is 11.1 Å². The third kappa shape index (κ3) is 2.18. The standard InChI is InChI=1S/C18H18O6/c1-21-13-7-11-9(17(23-3)15(13)19)5-6-10-12(11)8-14(22-2)16(20)18(10)24-4/h7-8H,5-6H2,1-4H3. The van der Waals surface area contributed by atoms with Gasteiger partial charge in [-0.05, 0) is 36.1 Å². The van der Waals surface area contributed by atoms with Gasteiger partial charge >= 0.3 is 0 Å². The highest BCUT2D eigenvalue weighted by Gasteiger charge is 2.37. The first-order chi connectivity index (χ1) is 11.6. The second-order valence-corrected chi connectivity index (χ2v) is 5.43. The van der Waals surface area contributed by atoms with E-state index in [1.54, 1.807) is 12.2 Å². The van der Waals surface area contributed by atoms with Gasteiger partial charge in [0.25, 0.3) is 11.6 Å². The van der Waals surface area contributed by atoms with Gasteiger partial charge in [-0.3, -0.25) is 9.59 Å². The first-order valence-electron chi connectivity index (χ1n) is 7.47. The van der Waals surface area contributed by atoms with Gasteiger partial charge < -0.3 is 18.9 Å². The predicted molar refractivity (Wildman–Crippen MR) is 84.5 cm³/mol. The number of ether oxygens (including phenoxy) is 4. The van der Waals surface area contributed by atoms with E-state index in [-0.39, 0.29) is 34.6 Å². The lowest BCUT2D eigenvalue weighted by Crippen LogP contribution is -2.24. The number of methoxy groups -OCH3 is 4. The number of carbonyl (C=O) groups excluding carboxylic acids is 2. The number of fused-ring (bicyclic) bond motifs is 2. The molecule has 126 valence electrons. The third-order valence-corrected chi connectivity index (χ3v) is 4.37. The molecule has 0 saturated carbocycles. The summed E-state index contributed by atoms with van der Waals surface area (Å²) in [7, 11) is 5.81. The van der Waals surface area contributed by atoms with Crippen LogP contribution in [0.3, 0.4) is 0 Å². The summed E-state index contributed by atoms with van der Waals surface area (Å²) in [6.45, 7) is 0. The number of rotatable bonds is 4. The fraction of sp³-hybridized carbons (Fsp3) is 0.333. The number of allylic oxidation sites excluding steroid dienone is 6. The molecule has 0 unspecified atom stereocenters. The van der Waals surface area contributed by atoms with Gasteiger partial charge in [-0.1, -0.05) is 0 Å². The van der Waals surface area contributed by atoms with Crippen molar-refractivity contribution >= 4 is 11.6 Å². The van der Waals surface area contributed by atoms with Crippen molar-refractivity contribution in [3.8, 4) is 0 Å². The van der Waals surface area contributed by atoms with Crippen LogP contribution in [0.1, 0.15) is 12.8 Å². The molecule has 0 saturated heterocycles. The van der Waals surface area contributed by atoms with Crippen LogP contribution >= 0.6 is 0 Å². The van der Waals surface area contributed by atoms with Gasteiger partial charge in [-0.2, -0.15) is 0 Å². The van der Waals surface area contributed by atoms with Crippen molar-refractivity contribution in [3.05, 3.63) is 57.5 Å². The zero-order valence-electron chi connectivity index (χ0n) is 14.0. The molecule has 0 heterocycles. The number of Topliss-reactive ketones (excluding diaryl/α,β-unsaturated/α-hetero) is 2. The molecule has 0 aliphatic heterocycles. The molecular weight excluding hydrogens is 312 g/mol. The fourth-order valence-corrected chi connectivity index (χ4v) is 3.27. The minimum atomic E-state index is -0.276. The minimum Gasteiger partial charge on any atom is -0.492 e. The van der Waals surface area contributed by atoms with Crippen molar-refractivity contribution in [3.63, 3.8) is 0 Å². The number of ketones is 2. The summed E-state index contributed by atoms with van der Waals surface area (Å²) in [5.41, 5.74) is 3.19. The molecule has 0 N–H and O–H groups in total. The van der Waals surface area contributed by atoms with Crippen LogP contribution < -0.4 is 0 Å². The van der Waals surface area contributed by atoms with E-state index in [4.69, 9.17) is 18.9 Å². The molecule has 0 aromatic carbocycles. The summed E-state index contributed by atoms with van der Waals surface area (Å²) >= 11 is 0. The second-order valence-electron chi connectivity index (χ2n) is 5.43. The highest BCUT2D eigenvalue weighted by Crippen LogP contribution is 2.44. The van der Waals surface area contributed by atoms with Crippen LogP contribution in [0.25, 0.3) is 0 Å². The summed E-state index contributed by atoms with van der Waals surface area (Å²) in [6.07, 6.45) is 4.52. The lowest BCUT2D eigenvalue weighted by atomic mass is 9.77. The molecule has 0 aromatic heterocycles. The van der Waals surface area contributed by atoms with Crippen LogP contribution in [-0.4, -0.2) is 40.0 Å². The predicted octanol–water partition coefficient (Wildman–Crippen LogP) is 2.10. The number of hydrogen-bond acceptors (Lipinski definition) is 6. The molecule has 0 fully saturated rings. The van der Waals surface area contributed by atoms with Crippen LogP contribution in [0.15, 0.2) is 57.5 Å². The molecule has 6 heteroatoms. The average molecular weight is 330 g/mol. The smallest absolute Gasteiger partial charge is 0.262 e. The molecule has 0 radical (unpaired) electrons. The maximum atomic E-state index is 12.4. The van der Waals surface area contributed by atoms with Crippen molar-refractivity contribution in [2.24, 2.45) is 0 Å². The van der Waals surface area contributed by atoms with Crippen LogP contribution in [0.4, 0.5) is 0 Å². The molecule has 0 aromatic rings. The van der Waals surface area contributed by atoms with Crippen LogP contribution in [0, 0.1) is 0 Å². The topological polar surface area (TPSA) is 71.1 Å². The maximum absolute atomic E-state index is 12.4. The zero-order chi connectivity index (χ0) is 17.4. The molecular formula is C18H18O6. The third-order valence-electron chi connectivity index (χ3n) is 4.37. The molecule has 6 nitrogen and oxygen atoms in total. The summed E-state index contributed by atoms with van der Waals surface area (Å²) in [5, 5.41) is 0. The Morgan fingerprint density at radius 2 is 1.04 bits per heavy atom. The number of hydrogen-bond donors (Lipinski definition) is 0. The van der Waals surface area contributed by atoms with Gasteiger partial charge in [-0.15, -0.1) is 0 Å². The minimum absolute atomic E-state index is 0.197. The van der Waals surface area contributed by atoms with Crippen molar-refractivity contribution in [1.29, 1.82) is 0 Å². The van der Waals surface area contributed by atoms with E-state index in [2.05, 4.69) is 0 Å². The maximum Gasteiger partial charge on any atom is 0.262 e. The zero-order valence-corrected chi connectivity index (χ0v) is 14.0. The van der Waals surface area contributed by atoms with Crippen LogP contribution in [-0.2, 0) is 28.5 Å². The van der Waals surface area contributed by atoms with Gasteiger partial charge in [0.05, 0.1) is 28.4 Å². The first-order valence-corrected chi connectivity index (χ1v) is 7.47. The second kappa shape index (κ2) is 6.03. The van der Waals surface area contributed by atoms with E-state index < -0.39 is 0 Å². The molecule has 24 heavy (non-hydrogen) atoms. The Kier molecular flexibility index (Phi) is 4.05. The molecule has 0 amide bonds. The van der Waals surface area contributed by atoms with Gasteiger partial charge in [0.2, 0.25) is 0 Å². The Hall–Kier alpha value is -2.76. The van der Waals surface area contributed by atoms with Crippen molar-refractivity contribution in [2.75, 3.05) is 28.4 Å².